The highest BCUT2D eigenvalue weighted by atomic mass is 16.3. The molecule has 9 aromatic rings. The summed E-state index contributed by atoms with van der Waals surface area (Å²) < 4.78 is 12.9. The molecule has 6 aromatic carbocycles. The van der Waals surface area contributed by atoms with Crippen molar-refractivity contribution in [1.82, 2.24) is 19.9 Å². The van der Waals surface area contributed by atoms with Crippen molar-refractivity contribution in [2.75, 3.05) is 0 Å². The van der Waals surface area contributed by atoms with E-state index >= 15 is 0 Å². The molecule has 9 rings (SSSR count). The maximum Gasteiger partial charge on any atom is 0.227 e. The monoisotopic (exact) mass is 592 g/mol. The standard InChI is InChI=1S/C40H24N4O2/c1-4-12-25(13-5-1)37-42-38(26-14-6-2-7-15-26)44-39(43-37)28-22-23-31-34(24-28)45-33-21-11-18-29(35(31)33)30-19-10-20-32-36(30)46-40(41-32)27-16-8-3-9-17-27/h1-24H. The van der Waals surface area contributed by atoms with Crippen LogP contribution in [0, 0.1) is 0 Å². The number of hydrogen-bond donors (Lipinski definition) is 0. The second-order valence-electron chi connectivity index (χ2n) is 11.1. The van der Waals surface area contributed by atoms with Gasteiger partial charge in [-0.15, -0.1) is 0 Å². The molecule has 0 aliphatic heterocycles. The Kier molecular flexibility index (Phi) is 6.03. The number of benzene rings is 6. The number of rotatable bonds is 5. The molecule has 3 heterocycles. The highest BCUT2D eigenvalue weighted by molar-refractivity contribution is 6.15. The lowest BCUT2D eigenvalue weighted by Crippen LogP contribution is -2.00. The van der Waals surface area contributed by atoms with Crippen molar-refractivity contribution in [3.63, 3.8) is 0 Å². The van der Waals surface area contributed by atoms with Crippen molar-refractivity contribution in [1.29, 1.82) is 0 Å². The van der Waals surface area contributed by atoms with E-state index in [2.05, 4.69) is 24.3 Å². The Labute approximate surface area is 263 Å². The predicted octanol–water partition coefficient (Wildman–Crippen LogP) is 10.2. The molecule has 6 nitrogen and oxygen atoms in total. The van der Waals surface area contributed by atoms with Crippen LogP contribution in [0.2, 0.25) is 0 Å². The van der Waals surface area contributed by atoms with Crippen molar-refractivity contribution >= 4 is 33.0 Å². The maximum atomic E-state index is 6.48. The molecule has 0 aliphatic rings. The zero-order chi connectivity index (χ0) is 30.5. The second kappa shape index (κ2) is 10.6. The molecule has 0 saturated heterocycles. The van der Waals surface area contributed by atoms with Crippen LogP contribution >= 0.6 is 0 Å². The van der Waals surface area contributed by atoms with Crippen LogP contribution < -0.4 is 0 Å². The van der Waals surface area contributed by atoms with Gasteiger partial charge in [0.05, 0.1) is 0 Å². The van der Waals surface area contributed by atoms with Crippen molar-refractivity contribution in [3.8, 4) is 56.7 Å². The summed E-state index contributed by atoms with van der Waals surface area (Å²) in [7, 11) is 0. The van der Waals surface area contributed by atoms with Gasteiger partial charge in [0.1, 0.15) is 16.7 Å². The van der Waals surface area contributed by atoms with E-state index in [1.807, 2.05) is 121 Å². The fraction of sp³-hybridized carbons (Fsp3) is 0. The Morgan fingerprint density at radius 1 is 0.391 bits per heavy atom. The summed E-state index contributed by atoms with van der Waals surface area (Å²) in [6.07, 6.45) is 0. The Hall–Kier alpha value is -6.40. The van der Waals surface area contributed by atoms with Crippen molar-refractivity contribution in [3.05, 3.63) is 146 Å². The summed E-state index contributed by atoms with van der Waals surface area (Å²) >= 11 is 0. The average molecular weight is 593 g/mol. The topological polar surface area (TPSA) is 77.8 Å². The van der Waals surface area contributed by atoms with Gasteiger partial charge >= 0.3 is 0 Å². The summed E-state index contributed by atoms with van der Waals surface area (Å²) in [6, 6.07) is 48.3. The number of hydrogen-bond acceptors (Lipinski definition) is 6. The fourth-order valence-electron chi connectivity index (χ4n) is 5.99. The highest BCUT2D eigenvalue weighted by Crippen LogP contribution is 2.41. The molecule has 0 saturated carbocycles. The quantitative estimate of drug-likeness (QED) is 0.198. The Balaban J connectivity index is 1.20. The minimum Gasteiger partial charge on any atom is -0.456 e. The van der Waals surface area contributed by atoms with Gasteiger partial charge in [-0.2, -0.15) is 0 Å². The third-order valence-electron chi connectivity index (χ3n) is 8.18. The van der Waals surface area contributed by atoms with Crippen LogP contribution in [-0.4, -0.2) is 19.9 Å². The molecule has 0 radical (unpaired) electrons. The average Bonchev–Trinajstić information content (AvgIpc) is 3.74. The molecule has 0 aliphatic carbocycles. The van der Waals surface area contributed by atoms with Gasteiger partial charge in [0.25, 0.3) is 0 Å². The molecule has 0 bridgehead atoms. The van der Waals surface area contributed by atoms with Gasteiger partial charge in [0.15, 0.2) is 23.1 Å². The molecule has 0 spiro atoms. The molecular formula is C40H24N4O2. The van der Waals surface area contributed by atoms with Crippen LogP contribution in [0.1, 0.15) is 0 Å². The van der Waals surface area contributed by atoms with E-state index < -0.39 is 0 Å². The zero-order valence-electron chi connectivity index (χ0n) is 24.5. The number of para-hydroxylation sites is 1. The third kappa shape index (κ3) is 4.43. The van der Waals surface area contributed by atoms with Gasteiger partial charge < -0.3 is 8.83 Å². The third-order valence-corrected chi connectivity index (χ3v) is 8.18. The number of aromatic nitrogens is 4. The van der Waals surface area contributed by atoms with Crippen LogP contribution in [0.3, 0.4) is 0 Å². The maximum absolute atomic E-state index is 6.48. The Bertz CT molecular complexity index is 2460. The van der Waals surface area contributed by atoms with Crippen molar-refractivity contribution < 1.29 is 8.83 Å². The lowest BCUT2D eigenvalue weighted by molar-refractivity contribution is 0.621. The predicted molar refractivity (Wildman–Crippen MR) is 182 cm³/mol. The SMILES string of the molecule is c1ccc(-c2nc(-c3ccccc3)nc(-c3ccc4c(c3)oc3cccc(-c5cccc6nc(-c7ccccc7)oc56)c34)n2)cc1. The minimum absolute atomic E-state index is 0.579. The van der Waals surface area contributed by atoms with Crippen molar-refractivity contribution in [2.45, 2.75) is 0 Å². The van der Waals surface area contributed by atoms with Gasteiger partial charge in [0.2, 0.25) is 5.89 Å². The molecule has 0 unspecified atom stereocenters. The summed E-state index contributed by atoms with van der Waals surface area (Å²) in [4.78, 5) is 19.4. The molecule has 0 atom stereocenters. The largest absolute Gasteiger partial charge is 0.456 e. The molecule has 0 N–H and O–H groups in total. The number of fused-ring (bicyclic) bond motifs is 4. The molecule has 3 aromatic heterocycles. The molecule has 46 heavy (non-hydrogen) atoms. The lowest BCUT2D eigenvalue weighted by Gasteiger charge is -2.08. The van der Waals surface area contributed by atoms with Crippen LogP contribution in [0.25, 0.3) is 89.8 Å². The van der Waals surface area contributed by atoms with E-state index in [1.54, 1.807) is 0 Å². The number of nitrogens with zero attached hydrogens (tertiary/aromatic N) is 4. The first kappa shape index (κ1) is 26.0. The molecule has 6 heteroatoms. The Morgan fingerprint density at radius 3 is 1.65 bits per heavy atom. The van der Waals surface area contributed by atoms with E-state index in [-0.39, 0.29) is 0 Å². The van der Waals surface area contributed by atoms with E-state index in [0.29, 0.717) is 23.4 Å². The van der Waals surface area contributed by atoms with E-state index in [1.165, 1.54) is 0 Å². The van der Waals surface area contributed by atoms with Gasteiger partial charge in [-0.3, -0.25) is 0 Å². The Morgan fingerprint density at radius 2 is 0.978 bits per heavy atom. The summed E-state index contributed by atoms with van der Waals surface area (Å²) in [5.41, 5.74) is 8.69. The zero-order valence-corrected chi connectivity index (χ0v) is 24.5. The van der Waals surface area contributed by atoms with Crippen LogP contribution in [-0.2, 0) is 0 Å². The first-order valence-electron chi connectivity index (χ1n) is 15.1. The minimum atomic E-state index is 0.579. The normalized spacial score (nSPS) is 11.5. The summed E-state index contributed by atoms with van der Waals surface area (Å²) in [5, 5.41) is 2.01. The smallest absolute Gasteiger partial charge is 0.227 e. The van der Waals surface area contributed by atoms with Crippen LogP contribution in [0.4, 0.5) is 0 Å². The number of oxazole rings is 1. The first-order valence-corrected chi connectivity index (χ1v) is 15.1. The molecule has 216 valence electrons. The first-order chi connectivity index (χ1) is 22.8. The van der Waals surface area contributed by atoms with Crippen LogP contribution in [0.5, 0.6) is 0 Å². The fourth-order valence-corrected chi connectivity index (χ4v) is 5.99. The van der Waals surface area contributed by atoms with E-state index in [0.717, 1.165) is 66.4 Å². The second-order valence-corrected chi connectivity index (χ2v) is 11.1. The van der Waals surface area contributed by atoms with Crippen LogP contribution in [0.15, 0.2) is 154 Å². The molecule has 0 fully saturated rings. The highest BCUT2D eigenvalue weighted by Gasteiger charge is 2.19. The number of furan rings is 1. The summed E-state index contributed by atoms with van der Waals surface area (Å²) in [6.45, 7) is 0. The van der Waals surface area contributed by atoms with E-state index in [9.17, 15) is 0 Å². The van der Waals surface area contributed by atoms with Gasteiger partial charge in [-0.05, 0) is 42.0 Å². The van der Waals surface area contributed by atoms with E-state index in [4.69, 9.17) is 28.8 Å². The van der Waals surface area contributed by atoms with Crippen molar-refractivity contribution in [2.24, 2.45) is 0 Å². The van der Waals surface area contributed by atoms with Gasteiger partial charge in [0, 0.05) is 38.6 Å². The summed E-state index contributed by atoms with van der Waals surface area (Å²) in [5.74, 6) is 2.41. The lowest BCUT2D eigenvalue weighted by atomic mass is 9.98. The molecular weight excluding hydrogens is 568 g/mol. The van der Waals surface area contributed by atoms with Gasteiger partial charge in [-0.25, -0.2) is 19.9 Å². The van der Waals surface area contributed by atoms with Gasteiger partial charge in [-0.1, -0.05) is 109 Å². The molecule has 0 amide bonds.